The van der Waals surface area contributed by atoms with Crippen LogP contribution in [0.3, 0.4) is 0 Å². The van der Waals surface area contributed by atoms with E-state index in [9.17, 15) is 23.9 Å². The number of amides is 3. The number of nitrogens with zero attached hydrogens (tertiary/aromatic N) is 1. The first-order chi connectivity index (χ1) is 16.7. The Bertz CT molecular complexity index is 1220. The molecule has 0 saturated carbocycles. The van der Waals surface area contributed by atoms with Gasteiger partial charge in [-0.25, -0.2) is 4.39 Å². The fraction of sp³-hybridized carbons (Fsp3) is 0.320. The van der Waals surface area contributed by atoms with Crippen LogP contribution in [0.4, 0.5) is 10.1 Å². The zero-order valence-electron chi connectivity index (χ0n) is 19.0. The molecular formula is C25H24FN3O6. The minimum Gasteiger partial charge on any atom is -0.489 e. The van der Waals surface area contributed by atoms with Crippen molar-refractivity contribution in [3.8, 4) is 17.6 Å². The summed E-state index contributed by atoms with van der Waals surface area (Å²) in [5, 5.41) is 14.9. The van der Waals surface area contributed by atoms with Crippen LogP contribution >= 0.6 is 0 Å². The van der Waals surface area contributed by atoms with Crippen molar-refractivity contribution in [1.29, 1.82) is 0 Å². The second-order valence-corrected chi connectivity index (χ2v) is 8.33. The van der Waals surface area contributed by atoms with Gasteiger partial charge in [0.1, 0.15) is 24.2 Å². The van der Waals surface area contributed by atoms with Gasteiger partial charge in [0, 0.05) is 19.2 Å². The highest BCUT2D eigenvalue weighted by molar-refractivity contribution is 6.35. The van der Waals surface area contributed by atoms with Crippen LogP contribution in [0.1, 0.15) is 11.1 Å². The SMILES string of the molecule is CN1C(=O)[C@@H](NC(=O)C(=O)NCCc2cccc(F)c2)COc2ccc(C#CC3(O)COC3)cc21. The van der Waals surface area contributed by atoms with Gasteiger partial charge in [-0.05, 0) is 42.3 Å². The van der Waals surface area contributed by atoms with Crippen molar-refractivity contribution in [2.24, 2.45) is 0 Å². The number of fused-ring (bicyclic) bond motifs is 1. The van der Waals surface area contributed by atoms with Gasteiger partial charge in [-0.15, -0.1) is 0 Å². The highest BCUT2D eigenvalue weighted by Crippen LogP contribution is 2.31. The molecule has 1 fully saturated rings. The third-order valence-electron chi connectivity index (χ3n) is 5.58. The predicted molar refractivity (Wildman–Crippen MR) is 123 cm³/mol. The molecule has 35 heavy (non-hydrogen) atoms. The normalized spacial score (nSPS) is 18.1. The zero-order chi connectivity index (χ0) is 25.0. The molecule has 2 aromatic carbocycles. The van der Waals surface area contributed by atoms with E-state index >= 15 is 0 Å². The molecule has 3 amide bonds. The lowest BCUT2D eigenvalue weighted by Crippen LogP contribution is -2.53. The Kier molecular flexibility index (Phi) is 7.00. The summed E-state index contributed by atoms with van der Waals surface area (Å²) >= 11 is 0. The first-order valence-corrected chi connectivity index (χ1v) is 10.9. The molecule has 1 atom stereocenters. The van der Waals surface area contributed by atoms with E-state index in [1.165, 1.54) is 24.1 Å². The molecule has 182 valence electrons. The van der Waals surface area contributed by atoms with Crippen LogP contribution in [0.5, 0.6) is 5.75 Å². The maximum atomic E-state index is 13.2. The van der Waals surface area contributed by atoms with Crippen molar-refractivity contribution in [2.45, 2.75) is 18.1 Å². The average Bonchev–Trinajstić information content (AvgIpc) is 2.93. The van der Waals surface area contributed by atoms with Gasteiger partial charge in [-0.2, -0.15) is 0 Å². The van der Waals surface area contributed by atoms with Gasteiger partial charge in [0.05, 0.1) is 18.9 Å². The van der Waals surface area contributed by atoms with E-state index in [4.69, 9.17) is 9.47 Å². The van der Waals surface area contributed by atoms with E-state index in [0.29, 0.717) is 29.0 Å². The molecule has 3 N–H and O–H groups in total. The number of benzene rings is 2. The van der Waals surface area contributed by atoms with Gasteiger partial charge >= 0.3 is 11.8 Å². The van der Waals surface area contributed by atoms with Crippen LogP contribution < -0.4 is 20.3 Å². The van der Waals surface area contributed by atoms with Gasteiger partial charge in [0.15, 0.2) is 5.60 Å². The monoisotopic (exact) mass is 481 g/mol. The predicted octanol–water partition coefficient (Wildman–Crippen LogP) is 0.137. The Morgan fingerprint density at radius 3 is 2.74 bits per heavy atom. The molecule has 9 nitrogen and oxygen atoms in total. The number of ether oxygens (including phenoxy) is 2. The van der Waals surface area contributed by atoms with Crippen molar-refractivity contribution in [2.75, 3.05) is 38.3 Å². The second kappa shape index (κ2) is 10.1. The van der Waals surface area contributed by atoms with Gasteiger partial charge in [0.2, 0.25) is 0 Å². The Labute approximate surface area is 201 Å². The number of hydrogen-bond acceptors (Lipinski definition) is 6. The first kappa shape index (κ1) is 24.2. The summed E-state index contributed by atoms with van der Waals surface area (Å²) in [6.07, 6.45) is 0.343. The minimum atomic E-state index is -1.17. The number of carbonyl (C=O) groups excluding carboxylic acids is 3. The second-order valence-electron chi connectivity index (χ2n) is 8.33. The fourth-order valence-electron chi connectivity index (χ4n) is 3.55. The summed E-state index contributed by atoms with van der Waals surface area (Å²) in [6, 6.07) is 9.84. The molecule has 0 bridgehead atoms. The average molecular weight is 481 g/mol. The van der Waals surface area contributed by atoms with Gasteiger partial charge in [0.25, 0.3) is 5.91 Å². The number of carbonyl (C=O) groups is 3. The lowest BCUT2D eigenvalue weighted by molar-refractivity contribution is -0.140. The molecule has 2 aromatic rings. The van der Waals surface area contributed by atoms with Crippen LogP contribution in [0.25, 0.3) is 0 Å². The van der Waals surface area contributed by atoms with Crippen molar-refractivity contribution in [1.82, 2.24) is 10.6 Å². The van der Waals surface area contributed by atoms with E-state index < -0.39 is 29.4 Å². The Morgan fingerprint density at radius 2 is 2.03 bits per heavy atom. The number of hydrogen-bond donors (Lipinski definition) is 3. The number of rotatable bonds is 4. The zero-order valence-corrected chi connectivity index (χ0v) is 19.0. The van der Waals surface area contributed by atoms with Gasteiger partial charge < -0.3 is 30.1 Å². The molecule has 10 heteroatoms. The topological polar surface area (TPSA) is 117 Å². The largest absolute Gasteiger partial charge is 0.489 e. The summed E-state index contributed by atoms with van der Waals surface area (Å²) in [5.74, 6) is 3.29. The lowest BCUT2D eigenvalue weighted by atomic mass is 10.0. The smallest absolute Gasteiger partial charge is 0.310 e. The summed E-state index contributed by atoms with van der Waals surface area (Å²) in [4.78, 5) is 38.8. The Hall–Kier alpha value is -3.94. The van der Waals surface area contributed by atoms with Crippen molar-refractivity contribution in [3.05, 3.63) is 59.4 Å². The van der Waals surface area contributed by atoms with Crippen molar-refractivity contribution in [3.63, 3.8) is 0 Å². The fourth-order valence-corrected chi connectivity index (χ4v) is 3.55. The molecular weight excluding hydrogens is 457 g/mol. The van der Waals surface area contributed by atoms with E-state index in [1.54, 1.807) is 30.3 Å². The first-order valence-electron chi connectivity index (χ1n) is 10.9. The van der Waals surface area contributed by atoms with Crippen LogP contribution in [0, 0.1) is 17.7 Å². The van der Waals surface area contributed by atoms with Crippen LogP contribution in [-0.2, 0) is 25.5 Å². The van der Waals surface area contributed by atoms with Crippen molar-refractivity contribution >= 4 is 23.4 Å². The number of halogens is 1. The standard InChI is InChI=1S/C25H24FN3O6/c1-29-20-12-17(7-9-25(33)14-34-15-25)5-6-21(20)35-13-19(24(29)32)28-23(31)22(30)27-10-8-16-3-2-4-18(26)11-16/h2-6,11-12,19,33H,8,10,13-15H2,1H3,(H,27,30)(H,28,31)/t19-/m0/s1. The van der Waals surface area contributed by atoms with E-state index in [1.807, 2.05) is 0 Å². The minimum absolute atomic E-state index is 0.126. The molecule has 0 radical (unpaired) electrons. The molecule has 2 aliphatic heterocycles. The molecule has 0 unspecified atom stereocenters. The maximum Gasteiger partial charge on any atom is 0.310 e. The molecule has 2 aliphatic rings. The van der Waals surface area contributed by atoms with Crippen LogP contribution in [0.15, 0.2) is 42.5 Å². The summed E-state index contributed by atoms with van der Waals surface area (Å²) in [6.45, 7) is 0.250. The quantitative estimate of drug-likeness (QED) is 0.423. The third-order valence-corrected chi connectivity index (χ3v) is 5.58. The molecule has 0 aliphatic carbocycles. The molecule has 0 spiro atoms. The molecule has 2 heterocycles. The highest BCUT2D eigenvalue weighted by Gasteiger charge is 2.34. The lowest BCUT2D eigenvalue weighted by Gasteiger charge is -2.30. The maximum absolute atomic E-state index is 13.2. The van der Waals surface area contributed by atoms with E-state index in [2.05, 4.69) is 22.5 Å². The van der Waals surface area contributed by atoms with Gasteiger partial charge in [-0.3, -0.25) is 14.4 Å². The Morgan fingerprint density at radius 1 is 1.23 bits per heavy atom. The summed E-state index contributed by atoms with van der Waals surface area (Å²) in [7, 11) is 1.53. The van der Waals surface area contributed by atoms with Crippen LogP contribution in [0.2, 0.25) is 0 Å². The van der Waals surface area contributed by atoms with Crippen molar-refractivity contribution < 1.29 is 33.4 Å². The molecule has 1 saturated heterocycles. The van der Waals surface area contributed by atoms with E-state index in [-0.39, 0.29) is 32.2 Å². The molecule has 4 rings (SSSR count). The third kappa shape index (κ3) is 5.77. The Balaban J connectivity index is 1.35. The van der Waals surface area contributed by atoms with Gasteiger partial charge in [-0.1, -0.05) is 24.0 Å². The summed E-state index contributed by atoms with van der Waals surface area (Å²) in [5.41, 5.74) is 0.511. The van der Waals surface area contributed by atoms with Crippen LogP contribution in [-0.4, -0.2) is 67.9 Å². The number of aliphatic hydroxyl groups is 1. The highest BCUT2D eigenvalue weighted by atomic mass is 19.1. The number of anilines is 1. The number of likely N-dealkylation sites (N-methyl/N-ethyl adjacent to an activating group) is 1. The number of nitrogens with one attached hydrogen (secondary N) is 2. The molecule has 0 aromatic heterocycles. The summed E-state index contributed by atoms with van der Waals surface area (Å²) < 4.78 is 23.9. The van der Waals surface area contributed by atoms with E-state index in [0.717, 1.165) is 0 Å².